The molecule has 27 heavy (non-hydrogen) atoms. The van der Waals surface area contributed by atoms with Crippen molar-refractivity contribution >= 4 is 5.96 Å². The minimum Gasteiger partial charge on any atom is -0.357 e. The summed E-state index contributed by atoms with van der Waals surface area (Å²) in [5.41, 5.74) is 2.65. The molecule has 0 amide bonds. The van der Waals surface area contributed by atoms with Gasteiger partial charge in [0.15, 0.2) is 11.8 Å². The zero-order valence-electron chi connectivity index (χ0n) is 17.3. The first kappa shape index (κ1) is 20.9. The quantitative estimate of drug-likeness (QED) is 0.413. The topological polar surface area (TPSA) is 66.5 Å². The molecule has 0 saturated carbocycles. The molecule has 0 spiro atoms. The van der Waals surface area contributed by atoms with Crippen LogP contribution < -0.4 is 5.32 Å². The first-order valence-corrected chi connectivity index (χ1v) is 9.93. The maximum Gasteiger partial charge on any atom is 0.226 e. The van der Waals surface area contributed by atoms with Gasteiger partial charge in [-0.3, -0.25) is 4.99 Å². The SMILES string of the molecule is CCNC(=NCCCc1nc(C(C)C)no1)N(C)Cc1ccc(CC)cc1. The van der Waals surface area contributed by atoms with Crippen molar-refractivity contribution in [3.05, 3.63) is 47.1 Å². The number of aryl methyl sites for hydroxylation is 2. The Labute approximate surface area is 163 Å². The average molecular weight is 372 g/mol. The predicted molar refractivity (Wildman–Crippen MR) is 110 cm³/mol. The Morgan fingerprint density at radius 3 is 2.48 bits per heavy atom. The van der Waals surface area contributed by atoms with Crippen LogP contribution >= 0.6 is 0 Å². The third kappa shape index (κ3) is 6.70. The molecule has 0 atom stereocenters. The number of aliphatic imine (C=N–C) groups is 1. The van der Waals surface area contributed by atoms with Crippen LogP contribution in [-0.4, -0.2) is 41.1 Å². The van der Waals surface area contributed by atoms with Gasteiger partial charge in [-0.15, -0.1) is 0 Å². The van der Waals surface area contributed by atoms with Crippen molar-refractivity contribution in [2.45, 2.75) is 59.4 Å². The lowest BCUT2D eigenvalue weighted by molar-refractivity contribution is 0.369. The summed E-state index contributed by atoms with van der Waals surface area (Å²) in [5, 5.41) is 7.37. The predicted octanol–water partition coefficient (Wildman–Crippen LogP) is 3.79. The highest BCUT2D eigenvalue weighted by Crippen LogP contribution is 2.11. The van der Waals surface area contributed by atoms with Gasteiger partial charge in [0, 0.05) is 39.0 Å². The molecule has 0 unspecified atom stereocenters. The highest BCUT2D eigenvalue weighted by atomic mass is 16.5. The Morgan fingerprint density at radius 1 is 1.19 bits per heavy atom. The summed E-state index contributed by atoms with van der Waals surface area (Å²) in [7, 11) is 2.07. The van der Waals surface area contributed by atoms with E-state index in [9.17, 15) is 0 Å². The first-order valence-electron chi connectivity index (χ1n) is 9.93. The molecule has 1 aromatic carbocycles. The van der Waals surface area contributed by atoms with Crippen LogP contribution in [0.4, 0.5) is 0 Å². The molecule has 0 fully saturated rings. The van der Waals surface area contributed by atoms with E-state index >= 15 is 0 Å². The van der Waals surface area contributed by atoms with Gasteiger partial charge in [0.2, 0.25) is 5.89 Å². The summed E-state index contributed by atoms with van der Waals surface area (Å²) in [4.78, 5) is 11.3. The van der Waals surface area contributed by atoms with Gasteiger partial charge in [0.05, 0.1) is 0 Å². The molecule has 2 rings (SSSR count). The molecule has 0 saturated heterocycles. The molecule has 148 valence electrons. The van der Waals surface area contributed by atoms with Crippen LogP contribution in [0.1, 0.15) is 62.9 Å². The Bertz CT molecular complexity index is 706. The van der Waals surface area contributed by atoms with Gasteiger partial charge in [0.1, 0.15) is 0 Å². The molecule has 0 aliphatic rings. The molecule has 0 aliphatic heterocycles. The minimum absolute atomic E-state index is 0.293. The molecule has 1 aromatic heterocycles. The number of nitrogens with one attached hydrogen (secondary N) is 1. The van der Waals surface area contributed by atoms with Crippen LogP contribution in [0.25, 0.3) is 0 Å². The van der Waals surface area contributed by atoms with Gasteiger partial charge in [-0.1, -0.05) is 50.2 Å². The van der Waals surface area contributed by atoms with Crippen LogP contribution in [-0.2, 0) is 19.4 Å². The molecule has 6 nitrogen and oxygen atoms in total. The van der Waals surface area contributed by atoms with Crippen molar-refractivity contribution in [1.82, 2.24) is 20.4 Å². The summed E-state index contributed by atoms with van der Waals surface area (Å²) < 4.78 is 5.29. The van der Waals surface area contributed by atoms with Crippen LogP contribution in [0.5, 0.6) is 0 Å². The molecule has 6 heteroatoms. The molecular weight excluding hydrogens is 338 g/mol. The molecule has 2 aromatic rings. The normalized spacial score (nSPS) is 11.9. The Morgan fingerprint density at radius 2 is 1.89 bits per heavy atom. The molecule has 0 aliphatic carbocycles. The second kappa shape index (κ2) is 10.7. The number of aromatic nitrogens is 2. The third-order valence-electron chi connectivity index (χ3n) is 4.36. The van der Waals surface area contributed by atoms with Gasteiger partial charge in [-0.2, -0.15) is 4.98 Å². The number of hydrogen-bond acceptors (Lipinski definition) is 4. The van der Waals surface area contributed by atoms with E-state index in [1.54, 1.807) is 0 Å². The fraction of sp³-hybridized carbons (Fsp3) is 0.571. The smallest absolute Gasteiger partial charge is 0.226 e. The Balaban J connectivity index is 1.87. The van der Waals surface area contributed by atoms with Crippen molar-refractivity contribution in [2.24, 2.45) is 4.99 Å². The van der Waals surface area contributed by atoms with Gasteiger partial charge >= 0.3 is 0 Å². The van der Waals surface area contributed by atoms with Gasteiger partial charge < -0.3 is 14.7 Å². The van der Waals surface area contributed by atoms with Crippen LogP contribution in [0.2, 0.25) is 0 Å². The van der Waals surface area contributed by atoms with Crippen molar-refractivity contribution < 1.29 is 4.52 Å². The second-order valence-electron chi connectivity index (χ2n) is 7.07. The third-order valence-corrected chi connectivity index (χ3v) is 4.36. The minimum atomic E-state index is 0.293. The van der Waals surface area contributed by atoms with Crippen molar-refractivity contribution in [3.63, 3.8) is 0 Å². The Kier molecular flexibility index (Phi) is 8.30. The zero-order chi connectivity index (χ0) is 19.6. The van der Waals surface area contributed by atoms with E-state index in [1.807, 2.05) is 0 Å². The number of hydrogen-bond donors (Lipinski definition) is 1. The number of rotatable bonds is 9. The summed E-state index contributed by atoms with van der Waals surface area (Å²) >= 11 is 0. The highest BCUT2D eigenvalue weighted by molar-refractivity contribution is 5.79. The van der Waals surface area contributed by atoms with Crippen LogP contribution in [0.3, 0.4) is 0 Å². The number of benzene rings is 1. The van der Waals surface area contributed by atoms with E-state index in [0.29, 0.717) is 11.8 Å². The van der Waals surface area contributed by atoms with E-state index in [0.717, 1.165) is 50.7 Å². The van der Waals surface area contributed by atoms with Crippen molar-refractivity contribution in [1.29, 1.82) is 0 Å². The standard InChI is InChI=1S/C21H33N5O/c1-6-17-10-12-18(13-11-17)15-26(5)21(22-7-2)23-14-8-9-19-24-20(16(3)4)25-27-19/h10-13,16H,6-9,14-15H2,1-5H3,(H,22,23). The van der Waals surface area contributed by atoms with Gasteiger partial charge in [-0.25, -0.2) is 0 Å². The Hall–Kier alpha value is -2.37. The fourth-order valence-electron chi connectivity index (χ4n) is 2.72. The van der Waals surface area contributed by atoms with Crippen LogP contribution in [0, 0.1) is 0 Å². The maximum absolute atomic E-state index is 5.29. The fourth-order valence-corrected chi connectivity index (χ4v) is 2.72. The summed E-state index contributed by atoms with van der Waals surface area (Å²) in [6.45, 7) is 10.8. The number of nitrogens with zero attached hydrogens (tertiary/aromatic N) is 4. The number of guanidine groups is 1. The van der Waals surface area contributed by atoms with E-state index < -0.39 is 0 Å². The van der Waals surface area contributed by atoms with Crippen LogP contribution in [0.15, 0.2) is 33.8 Å². The maximum atomic E-state index is 5.29. The lowest BCUT2D eigenvalue weighted by Gasteiger charge is -2.22. The monoisotopic (exact) mass is 371 g/mol. The van der Waals surface area contributed by atoms with E-state index in [-0.39, 0.29) is 0 Å². The zero-order valence-corrected chi connectivity index (χ0v) is 17.3. The molecule has 0 radical (unpaired) electrons. The average Bonchev–Trinajstić information content (AvgIpc) is 3.14. The second-order valence-corrected chi connectivity index (χ2v) is 7.07. The lowest BCUT2D eigenvalue weighted by atomic mass is 10.1. The van der Waals surface area contributed by atoms with Crippen molar-refractivity contribution in [3.8, 4) is 0 Å². The first-order chi connectivity index (χ1) is 13.0. The summed E-state index contributed by atoms with van der Waals surface area (Å²) in [5.74, 6) is 2.69. The van der Waals surface area contributed by atoms with Crippen molar-refractivity contribution in [2.75, 3.05) is 20.1 Å². The van der Waals surface area contributed by atoms with E-state index in [4.69, 9.17) is 9.52 Å². The summed E-state index contributed by atoms with van der Waals surface area (Å²) in [6.07, 6.45) is 2.71. The molecule has 1 heterocycles. The molecule has 1 N–H and O–H groups in total. The molecular formula is C21H33N5O. The molecule has 0 bridgehead atoms. The largest absolute Gasteiger partial charge is 0.357 e. The van der Waals surface area contributed by atoms with E-state index in [1.165, 1.54) is 11.1 Å². The lowest BCUT2D eigenvalue weighted by Crippen LogP contribution is -2.38. The summed E-state index contributed by atoms with van der Waals surface area (Å²) in [6, 6.07) is 8.79. The van der Waals surface area contributed by atoms with Gasteiger partial charge in [-0.05, 0) is 30.9 Å². The van der Waals surface area contributed by atoms with Gasteiger partial charge in [0.25, 0.3) is 0 Å². The van der Waals surface area contributed by atoms with E-state index in [2.05, 4.69) is 79.4 Å². The highest BCUT2D eigenvalue weighted by Gasteiger charge is 2.10.